The van der Waals surface area contributed by atoms with Gasteiger partial charge in [0.1, 0.15) is 11.9 Å². The van der Waals surface area contributed by atoms with Crippen molar-refractivity contribution in [3.05, 3.63) is 42.2 Å². The summed E-state index contributed by atoms with van der Waals surface area (Å²) in [5.41, 5.74) is 2.17. The Morgan fingerprint density at radius 1 is 0.800 bits per heavy atom. The highest BCUT2D eigenvalue weighted by atomic mass is 19.1. The number of unbranched alkanes of at least 4 members (excludes halogenated alkanes) is 7. The van der Waals surface area contributed by atoms with Crippen molar-refractivity contribution >= 4 is 0 Å². The molecule has 2 rings (SSSR count). The Kier molecular flexibility index (Phi) is 12.1. The van der Waals surface area contributed by atoms with Gasteiger partial charge >= 0.3 is 0 Å². The minimum atomic E-state index is -0.764. The number of hydrogen-bond acceptors (Lipinski definition) is 3. The molecule has 30 heavy (non-hydrogen) atoms. The smallest absolute Gasteiger partial charge is 0.159 e. The van der Waals surface area contributed by atoms with Crippen LogP contribution in [0.15, 0.2) is 36.7 Å². The molecule has 0 radical (unpaired) electrons. The van der Waals surface area contributed by atoms with Crippen LogP contribution < -0.4 is 4.74 Å². The van der Waals surface area contributed by atoms with Gasteiger partial charge in [-0.05, 0) is 49.1 Å². The van der Waals surface area contributed by atoms with Gasteiger partial charge in [0.15, 0.2) is 5.82 Å². The molecule has 2 aromatic rings. The van der Waals surface area contributed by atoms with E-state index < -0.39 is 6.17 Å². The number of aryl methyl sites for hydroxylation is 1. The van der Waals surface area contributed by atoms with E-state index >= 15 is 0 Å². The number of aromatic nitrogens is 2. The zero-order chi connectivity index (χ0) is 21.4. The monoisotopic (exact) mass is 414 g/mol. The van der Waals surface area contributed by atoms with Crippen LogP contribution in [0.25, 0.3) is 11.4 Å². The number of ether oxygens (including phenoxy) is 1. The number of nitrogens with zero attached hydrogens (tertiary/aromatic N) is 2. The lowest BCUT2D eigenvalue weighted by Crippen LogP contribution is -2.07. The second kappa shape index (κ2) is 14.9. The molecule has 1 aromatic heterocycles. The van der Waals surface area contributed by atoms with Crippen molar-refractivity contribution in [2.45, 2.75) is 97.1 Å². The fraction of sp³-hybridized carbons (Fsp3) is 0.615. The Bertz CT molecular complexity index is 672. The number of benzene rings is 1. The third-order valence-corrected chi connectivity index (χ3v) is 5.46. The van der Waals surface area contributed by atoms with Gasteiger partial charge in [0.05, 0.1) is 6.61 Å². The minimum absolute atomic E-state index is 0.414. The van der Waals surface area contributed by atoms with Gasteiger partial charge in [0.25, 0.3) is 0 Å². The summed E-state index contributed by atoms with van der Waals surface area (Å²) in [6, 6.07) is 7.75. The maximum absolute atomic E-state index is 13.9. The average molecular weight is 415 g/mol. The van der Waals surface area contributed by atoms with E-state index in [4.69, 9.17) is 4.74 Å². The van der Waals surface area contributed by atoms with Gasteiger partial charge < -0.3 is 4.74 Å². The van der Waals surface area contributed by atoms with E-state index in [9.17, 15) is 4.39 Å². The molecular formula is C26H39FN2O. The van der Waals surface area contributed by atoms with Crippen LogP contribution >= 0.6 is 0 Å². The summed E-state index contributed by atoms with van der Waals surface area (Å²) in [6.07, 6.45) is 16.1. The molecule has 1 heterocycles. The molecule has 0 N–H and O–H groups in total. The molecule has 0 saturated carbocycles. The van der Waals surface area contributed by atoms with Gasteiger partial charge in [-0.15, -0.1) is 0 Å². The molecule has 1 atom stereocenters. The first-order chi connectivity index (χ1) is 14.7. The highest BCUT2D eigenvalue weighted by Crippen LogP contribution is 2.20. The normalized spacial score (nSPS) is 12.1. The van der Waals surface area contributed by atoms with Crippen molar-refractivity contribution in [1.29, 1.82) is 0 Å². The van der Waals surface area contributed by atoms with Crippen LogP contribution in [-0.4, -0.2) is 22.7 Å². The topological polar surface area (TPSA) is 35.0 Å². The van der Waals surface area contributed by atoms with E-state index in [0.717, 1.165) is 36.4 Å². The molecule has 1 unspecified atom stereocenters. The van der Waals surface area contributed by atoms with E-state index in [0.29, 0.717) is 19.4 Å². The second-order valence-electron chi connectivity index (χ2n) is 8.19. The largest absolute Gasteiger partial charge is 0.493 e. The Morgan fingerprint density at radius 3 is 2.10 bits per heavy atom. The van der Waals surface area contributed by atoms with E-state index in [1.807, 2.05) is 36.7 Å². The van der Waals surface area contributed by atoms with Crippen LogP contribution in [0.1, 0.15) is 90.0 Å². The summed E-state index contributed by atoms with van der Waals surface area (Å²) in [6.45, 7) is 4.82. The molecule has 0 aliphatic carbocycles. The summed E-state index contributed by atoms with van der Waals surface area (Å²) in [5, 5.41) is 0. The molecule has 1 aromatic carbocycles. The van der Waals surface area contributed by atoms with Gasteiger partial charge in [-0.3, -0.25) is 0 Å². The van der Waals surface area contributed by atoms with Crippen LogP contribution in [0.2, 0.25) is 0 Å². The third kappa shape index (κ3) is 9.69. The van der Waals surface area contributed by atoms with Crippen LogP contribution in [-0.2, 0) is 6.42 Å². The lowest BCUT2D eigenvalue weighted by atomic mass is 10.1. The third-order valence-electron chi connectivity index (χ3n) is 5.46. The van der Waals surface area contributed by atoms with Crippen molar-refractivity contribution in [3.8, 4) is 17.1 Å². The summed E-state index contributed by atoms with van der Waals surface area (Å²) in [4.78, 5) is 9.04. The fourth-order valence-electron chi connectivity index (χ4n) is 3.51. The van der Waals surface area contributed by atoms with Crippen molar-refractivity contribution in [2.24, 2.45) is 0 Å². The summed E-state index contributed by atoms with van der Waals surface area (Å²) in [5.74, 6) is 1.49. The predicted molar refractivity (Wildman–Crippen MR) is 124 cm³/mol. The molecule has 3 nitrogen and oxygen atoms in total. The highest BCUT2D eigenvalue weighted by Gasteiger charge is 2.07. The second-order valence-corrected chi connectivity index (χ2v) is 8.19. The van der Waals surface area contributed by atoms with E-state index in [1.54, 1.807) is 0 Å². The van der Waals surface area contributed by atoms with Crippen molar-refractivity contribution in [2.75, 3.05) is 6.61 Å². The number of alkyl halides is 1. The lowest BCUT2D eigenvalue weighted by Gasteiger charge is -2.10. The Balaban J connectivity index is 1.70. The Labute approximate surface area is 182 Å². The molecule has 166 valence electrons. The van der Waals surface area contributed by atoms with Crippen LogP contribution in [0.5, 0.6) is 5.75 Å². The molecule has 0 fully saturated rings. The SMILES string of the molecule is CCCCCCCc1cnc(-c2ccc(OCCC(F)CCCCCC)cc2)nc1. The maximum atomic E-state index is 13.9. The first kappa shape index (κ1) is 24.3. The first-order valence-corrected chi connectivity index (χ1v) is 11.9. The molecular weight excluding hydrogens is 375 g/mol. The standard InChI is InChI=1S/C26H39FN2O/c1-3-5-7-9-10-12-22-20-28-26(29-21-22)23-14-16-25(17-15-23)30-19-18-24(27)13-11-8-6-4-2/h14-17,20-21,24H,3-13,18-19H2,1-2H3. The summed E-state index contributed by atoms with van der Waals surface area (Å²) < 4.78 is 19.6. The lowest BCUT2D eigenvalue weighted by molar-refractivity contribution is 0.222. The predicted octanol–water partition coefficient (Wildman–Crippen LogP) is 7.73. The molecule has 4 heteroatoms. The zero-order valence-electron chi connectivity index (χ0n) is 18.9. The van der Waals surface area contributed by atoms with Crippen LogP contribution in [0.3, 0.4) is 0 Å². The van der Waals surface area contributed by atoms with Crippen LogP contribution in [0.4, 0.5) is 4.39 Å². The molecule has 0 spiro atoms. The molecule has 0 bridgehead atoms. The quantitative estimate of drug-likeness (QED) is 0.264. The van der Waals surface area contributed by atoms with Gasteiger partial charge in [0, 0.05) is 24.4 Å². The number of halogens is 1. The van der Waals surface area contributed by atoms with Crippen molar-refractivity contribution in [1.82, 2.24) is 9.97 Å². The Hall–Kier alpha value is -1.97. The van der Waals surface area contributed by atoms with Crippen LogP contribution in [0, 0.1) is 0 Å². The minimum Gasteiger partial charge on any atom is -0.493 e. The fourth-order valence-corrected chi connectivity index (χ4v) is 3.51. The van der Waals surface area contributed by atoms with E-state index in [1.165, 1.54) is 50.5 Å². The molecule has 0 aliphatic heterocycles. The zero-order valence-corrected chi connectivity index (χ0v) is 18.9. The van der Waals surface area contributed by atoms with Crippen molar-refractivity contribution in [3.63, 3.8) is 0 Å². The van der Waals surface area contributed by atoms with Gasteiger partial charge in [-0.25, -0.2) is 14.4 Å². The van der Waals surface area contributed by atoms with Gasteiger partial charge in [-0.1, -0.05) is 65.2 Å². The highest BCUT2D eigenvalue weighted by molar-refractivity contribution is 5.55. The number of rotatable bonds is 16. The molecule has 0 saturated heterocycles. The number of hydrogen-bond donors (Lipinski definition) is 0. The first-order valence-electron chi connectivity index (χ1n) is 11.9. The molecule has 0 aliphatic rings. The Morgan fingerprint density at radius 2 is 1.43 bits per heavy atom. The van der Waals surface area contributed by atoms with E-state index in [2.05, 4.69) is 23.8 Å². The average Bonchev–Trinajstić information content (AvgIpc) is 2.78. The summed E-state index contributed by atoms with van der Waals surface area (Å²) in [7, 11) is 0. The van der Waals surface area contributed by atoms with Gasteiger partial charge in [0.2, 0.25) is 0 Å². The van der Waals surface area contributed by atoms with Crippen molar-refractivity contribution < 1.29 is 9.13 Å². The van der Waals surface area contributed by atoms with E-state index in [-0.39, 0.29) is 0 Å². The summed E-state index contributed by atoms with van der Waals surface area (Å²) >= 11 is 0. The van der Waals surface area contributed by atoms with Gasteiger partial charge in [-0.2, -0.15) is 0 Å². The molecule has 0 amide bonds. The maximum Gasteiger partial charge on any atom is 0.159 e.